The van der Waals surface area contributed by atoms with Gasteiger partial charge in [-0.1, -0.05) is 63.9 Å². The maximum atomic E-state index is 14.6. The van der Waals surface area contributed by atoms with Gasteiger partial charge in [0.15, 0.2) is 0 Å². The van der Waals surface area contributed by atoms with Crippen molar-refractivity contribution >= 4 is 73.4 Å². The van der Waals surface area contributed by atoms with E-state index in [4.69, 9.17) is 21.1 Å². The smallest absolute Gasteiger partial charge is 0.323 e. The number of anilines is 1. The second-order valence-electron chi connectivity index (χ2n) is 9.04. The van der Waals surface area contributed by atoms with Crippen LogP contribution >= 0.6 is 35.0 Å². The zero-order valence-corrected chi connectivity index (χ0v) is 27.0. The lowest BCUT2D eigenvalue weighted by Gasteiger charge is -2.33. The number of ether oxygens (including phenoxy) is 2. The summed E-state index contributed by atoms with van der Waals surface area (Å²) in [5, 5.41) is 6.93. The summed E-state index contributed by atoms with van der Waals surface area (Å²) in [6.45, 7) is 6.30. The maximum Gasteiger partial charge on any atom is 0.323 e. The molecule has 0 fully saturated rings. The highest BCUT2D eigenvalue weighted by Gasteiger charge is 2.38. The first kappa shape index (κ1) is 33.0. The van der Waals surface area contributed by atoms with Gasteiger partial charge in [0, 0.05) is 14.9 Å². The summed E-state index contributed by atoms with van der Waals surface area (Å²) in [6.07, 6.45) is -0.680. The first-order valence-electron chi connectivity index (χ1n) is 12.8. The van der Waals surface area contributed by atoms with Crippen LogP contribution in [0.2, 0.25) is 5.02 Å². The molecule has 0 saturated heterocycles. The average Bonchev–Trinajstić information content (AvgIpc) is 2.91. The van der Waals surface area contributed by atoms with Crippen molar-refractivity contribution in [3.8, 4) is 0 Å². The Morgan fingerprint density at radius 1 is 0.951 bits per heavy atom. The van der Waals surface area contributed by atoms with Crippen LogP contribution in [0.15, 0.2) is 70.0 Å². The van der Waals surface area contributed by atoms with Gasteiger partial charge in [-0.3, -0.25) is 18.5 Å². The molecule has 2 atom stereocenters. The summed E-state index contributed by atoms with van der Waals surface area (Å²) in [5.74, 6) is -1.40. The molecule has 3 aromatic rings. The number of nitrogens with zero attached hydrogens (tertiary/aromatic N) is 1. The number of hydrogen-bond donors (Lipinski definition) is 2. The molecule has 14 heteroatoms. The Morgan fingerprint density at radius 3 is 2.07 bits per heavy atom. The van der Waals surface area contributed by atoms with E-state index in [-0.39, 0.29) is 28.8 Å². The average molecular weight is 689 g/mol. The van der Waals surface area contributed by atoms with Crippen molar-refractivity contribution in [3.05, 3.63) is 70.2 Å². The molecule has 0 bridgehead atoms. The summed E-state index contributed by atoms with van der Waals surface area (Å²) < 4.78 is 54.7. The van der Waals surface area contributed by atoms with Gasteiger partial charge in [-0.25, -0.2) is 18.6 Å². The largest absolute Gasteiger partial charge is 0.465 e. The number of sulfonamides is 1. The Labute approximate surface area is 253 Å². The Bertz CT molecular complexity index is 1520. The van der Waals surface area contributed by atoms with Crippen molar-refractivity contribution in [1.82, 2.24) is 10.2 Å². The van der Waals surface area contributed by atoms with Gasteiger partial charge >= 0.3 is 11.9 Å². The number of benzene rings is 3. The summed E-state index contributed by atoms with van der Waals surface area (Å²) in [5.41, 5.74) is 0.232. The number of fused-ring (bicyclic) bond motifs is 1. The van der Waals surface area contributed by atoms with E-state index in [0.717, 1.165) is 9.69 Å². The van der Waals surface area contributed by atoms with Crippen molar-refractivity contribution in [2.24, 2.45) is 0 Å². The van der Waals surface area contributed by atoms with Crippen molar-refractivity contribution in [2.45, 2.75) is 44.7 Å². The molecule has 3 aromatic carbocycles. The fourth-order valence-corrected chi connectivity index (χ4v) is 9.69. The predicted octanol–water partition coefficient (Wildman–Crippen LogP) is 5.68. The predicted molar refractivity (Wildman–Crippen MR) is 164 cm³/mol. The lowest BCUT2D eigenvalue weighted by Crippen LogP contribution is -2.46. The highest BCUT2D eigenvalue weighted by atomic mass is 79.9. The number of carbonyl (C=O) groups is 2. The molecular weight excluding hydrogens is 657 g/mol. The fraction of sp³-hybridized carbons (Fsp3) is 0.333. The number of carbonyl (C=O) groups excluding carboxylic acids is 2. The Balaban J connectivity index is 2.21. The van der Waals surface area contributed by atoms with E-state index in [2.05, 4.69) is 26.1 Å². The van der Waals surface area contributed by atoms with E-state index in [1.165, 1.54) is 26.0 Å². The molecule has 0 aromatic heterocycles. The summed E-state index contributed by atoms with van der Waals surface area (Å²) in [6, 6.07) is 14.2. The zero-order valence-electron chi connectivity index (χ0n) is 23.0. The molecule has 0 aliphatic carbocycles. The van der Waals surface area contributed by atoms with Crippen molar-refractivity contribution in [1.29, 1.82) is 0 Å². The molecule has 0 saturated carbocycles. The lowest BCUT2D eigenvalue weighted by molar-refractivity contribution is -0.145. The summed E-state index contributed by atoms with van der Waals surface area (Å²) in [4.78, 5) is 24.8. The van der Waals surface area contributed by atoms with Crippen LogP contribution in [-0.4, -0.2) is 51.9 Å². The van der Waals surface area contributed by atoms with Crippen molar-refractivity contribution in [2.75, 3.05) is 23.8 Å². The Morgan fingerprint density at radius 2 is 1.51 bits per heavy atom. The molecule has 0 heterocycles. The molecule has 222 valence electrons. The van der Waals surface area contributed by atoms with Crippen molar-refractivity contribution in [3.63, 3.8) is 0 Å². The van der Waals surface area contributed by atoms with Crippen LogP contribution in [0.25, 0.3) is 10.8 Å². The molecule has 0 unspecified atom stereocenters. The number of halogens is 2. The number of hydrogen-bond acceptors (Lipinski definition) is 7. The molecular formula is C27H32BrClN3O7PS. The van der Waals surface area contributed by atoms with Gasteiger partial charge in [0.05, 0.1) is 23.8 Å². The van der Waals surface area contributed by atoms with Crippen LogP contribution in [-0.2, 0) is 33.7 Å². The molecule has 3 rings (SSSR count). The van der Waals surface area contributed by atoms with Gasteiger partial charge in [-0.05, 0) is 57.3 Å². The minimum absolute atomic E-state index is 0.0853. The number of rotatable bonds is 13. The first-order valence-corrected chi connectivity index (χ1v) is 17.3. The molecule has 0 aliphatic rings. The van der Waals surface area contributed by atoms with E-state index in [0.29, 0.717) is 9.86 Å². The van der Waals surface area contributed by atoms with Crippen LogP contribution in [0.5, 0.6) is 0 Å². The maximum absolute atomic E-state index is 14.6. The SMILES string of the molecule is CCOC(=O)[C@H](C)NP(=O)(CN(c1cccc2ccccc12)S(=O)(=O)c1cc(Cl)cc(Br)c1)N[C@@H](C)C(=O)OCC. The van der Waals surface area contributed by atoms with Gasteiger partial charge in [-0.2, -0.15) is 0 Å². The van der Waals surface area contributed by atoms with E-state index in [1.807, 2.05) is 18.2 Å². The highest BCUT2D eigenvalue weighted by Crippen LogP contribution is 2.43. The van der Waals surface area contributed by atoms with Gasteiger partial charge in [0.25, 0.3) is 10.0 Å². The van der Waals surface area contributed by atoms with E-state index >= 15 is 0 Å². The third-order valence-corrected chi connectivity index (χ3v) is 10.8. The summed E-state index contributed by atoms with van der Waals surface area (Å²) in [7, 11) is -8.55. The molecule has 41 heavy (non-hydrogen) atoms. The van der Waals surface area contributed by atoms with Gasteiger partial charge in [0.1, 0.15) is 18.4 Å². The third kappa shape index (κ3) is 8.30. The number of nitrogens with one attached hydrogen (secondary N) is 2. The van der Waals surface area contributed by atoms with Gasteiger partial charge in [-0.15, -0.1) is 0 Å². The fourth-order valence-electron chi connectivity index (χ4n) is 4.08. The second kappa shape index (κ2) is 14.1. The topological polar surface area (TPSA) is 131 Å². The minimum atomic E-state index is -4.42. The quantitative estimate of drug-likeness (QED) is 0.172. The van der Waals surface area contributed by atoms with Crippen LogP contribution in [0.1, 0.15) is 27.7 Å². The molecule has 0 aliphatic heterocycles. The Kier molecular flexibility index (Phi) is 11.4. The molecule has 0 amide bonds. The monoisotopic (exact) mass is 687 g/mol. The van der Waals surface area contributed by atoms with E-state index in [9.17, 15) is 22.6 Å². The normalized spacial score (nSPS) is 13.4. The Hall–Kier alpha value is -2.47. The molecule has 2 N–H and O–H groups in total. The second-order valence-corrected chi connectivity index (χ2v) is 14.5. The van der Waals surface area contributed by atoms with Crippen LogP contribution in [0.4, 0.5) is 5.69 Å². The molecule has 10 nitrogen and oxygen atoms in total. The van der Waals surface area contributed by atoms with Crippen LogP contribution in [0, 0.1) is 0 Å². The van der Waals surface area contributed by atoms with Gasteiger partial charge in [0.2, 0.25) is 7.44 Å². The summed E-state index contributed by atoms with van der Waals surface area (Å²) >= 11 is 9.50. The van der Waals surface area contributed by atoms with E-state index in [1.54, 1.807) is 44.2 Å². The standard InChI is InChI=1S/C27H32BrClN3O7PS/c1-5-38-26(33)18(3)30-40(35,31-19(4)27(34)39-6-2)17-32(25-13-9-11-20-10-7-8-12-24(20)25)41(36,37)23-15-21(28)14-22(29)16-23/h7-16,18-19H,5-6,17H2,1-4H3,(H2,30,31,35)/t18-,19-/m0/s1. The van der Waals surface area contributed by atoms with Crippen molar-refractivity contribution < 1.29 is 32.0 Å². The van der Waals surface area contributed by atoms with Gasteiger partial charge < -0.3 is 9.47 Å². The van der Waals surface area contributed by atoms with Crippen LogP contribution < -0.4 is 14.5 Å². The van der Waals surface area contributed by atoms with E-state index < -0.39 is 47.8 Å². The lowest BCUT2D eigenvalue weighted by atomic mass is 10.1. The first-order chi connectivity index (χ1) is 19.3. The molecule has 0 spiro atoms. The minimum Gasteiger partial charge on any atom is -0.465 e. The highest BCUT2D eigenvalue weighted by molar-refractivity contribution is 9.10. The number of esters is 2. The third-order valence-electron chi connectivity index (χ3n) is 5.87. The zero-order chi connectivity index (χ0) is 30.4. The van der Waals surface area contributed by atoms with Crippen LogP contribution in [0.3, 0.4) is 0 Å². The molecule has 0 radical (unpaired) electrons.